The molecule has 0 aliphatic rings. The molecule has 0 aliphatic heterocycles. The molecule has 0 saturated heterocycles. The molecular formula is C28H34F3N7O7S4. The first kappa shape index (κ1) is 40.8. The van der Waals surface area contributed by atoms with Crippen LogP contribution >= 0.6 is 23.1 Å². The number of carboxylic acids is 1. The molecule has 21 heteroatoms. The van der Waals surface area contributed by atoms with Gasteiger partial charge in [0, 0.05) is 29.8 Å². The number of nitrogen functional groups attached to an aromatic ring is 1. The van der Waals surface area contributed by atoms with Gasteiger partial charge in [-0.05, 0) is 67.5 Å². The van der Waals surface area contributed by atoms with E-state index in [0.717, 1.165) is 17.6 Å². The number of thioether (sulfide) groups is 1. The number of carbonyl (C=O) groups excluding carboxylic acids is 1. The molecule has 0 unspecified atom stereocenters. The molecule has 0 bridgehead atoms. The Kier molecular flexibility index (Phi) is 14.0. The number of guanidine groups is 1. The van der Waals surface area contributed by atoms with Crippen molar-refractivity contribution in [3.63, 3.8) is 0 Å². The van der Waals surface area contributed by atoms with Crippen molar-refractivity contribution in [3.8, 4) is 11.1 Å². The van der Waals surface area contributed by atoms with Crippen LogP contribution in [-0.2, 0) is 24.5 Å². The number of nitrogens with two attached hydrogens (primary N) is 2. The summed E-state index contributed by atoms with van der Waals surface area (Å²) in [5, 5.41) is 30.6. The molecule has 0 aliphatic carbocycles. The maximum atomic E-state index is 13.7. The van der Waals surface area contributed by atoms with Crippen molar-refractivity contribution in [1.82, 2.24) is 5.32 Å². The number of rotatable bonds is 12. The average molecular weight is 766 g/mol. The molecule has 1 heterocycles. The van der Waals surface area contributed by atoms with Crippen LogP contribution in [0.3, 0.4) is 0 Å². The Morgan fingerprint density at radius 3 is 2.18 bits per heavy atom. The third-order valence-electron chi connectivity index (χ3n) is 6.17. The SMILES string of the molecule is CSc1sc(C(=N)N)cc1S(=O)(=O)c1cccc(-c2c(C)cc(NC(=N)N)cc2NC(=O)NCCCCS(C)(=O)=O)c1.O=C(O)C(F)(F)F. The van der Waals surface area contributed by atoms with E-state index in [1.54, 1.807) is 37.4 Å². The van der Waals surface area contributed by atoms with E-state index in [-0.39, 0.29) is 33.9 Å². The number of amidine groups is 1. The number of anilines is 2. The lowest BCUT2D eigenvalue weighted by atomic mass is 9.97. The number of benzene rings is 2. The highest BCUT2D eigenvalue weighted by Gasteiger charge is 2.38. The summed E-state index contributed by atoms with van der Waals surface area (Å²) in [6.45, 7) is 2.02. The number of hydrogen-bond acceptors (Lipinski definition) is 10. The summed E-state index contributed by atoms with van der Waals surface area (Å²) in [6, 6.07) is 10.5. The number of aryl methyl sites for hydroxylation is 1. The van der Waals surface area contributed by atoms with Crippen molar-refractivity contribution >= 4 is 77.9 Å². The van der Waals surface area contributed by atoms with Crippen LogP contribution in [0.4, 0.5) is 29.3 Å². The van der Waals surface area contributed by atoms with Gasteiger partial charge in [-0.2, -0.15) is 13.2 Å². The van der Waals surface area contributed by atoms with Crippen molar-refractivity contribution in [2.24, 2.45) is 11.5 Å². The second kappa shape index (κ2) is 16.9. The first-order valence-corrected chi connectivity index (χ1v) is 19.3. The van der Waals surface area contributed by atoms with Gasteiger partial charge in [-0.1, -0.05) is 12.1 Å². The largest absolute Gasteiger partial charge is 0.490 e. The molecular weight excluding hydrogens is 732 g/mol. The zero-order valence-electron chi connectivity index (χ0n) is 26.2. The molecule has 3 rings (SSSR count). The van der Waals surface area contributed by atoms with E-state index in [2.05, 4.69) is 16.0 Å². The Morgan fingerprint density at radius 2 is 1.65 bits per heavy atom. The number of unbranched alkanes of at least 4 members (excludes halogenated alkanes) is 1. The van der Waals surface area contributed by atoms with Crippen LogP contribution in [0.5, 0.6) is 0 Å². The Balaban J connectivity index is 0.00000107. The van der Waals surface area contributed by atoms with Crippen LogP contribution < -0.4 is 27.4 Å². The third kappa shape index (κ3) is 12.2. The summed E-state index contributed by atoms with van der Waals surface area (Å²) in [7, 11) is -7.08. The van der Waals surface area contributed by atoms with Crippen molar-refractivity contribution in [1.29, 1.82) is 10.8 Å². The summed E-state index contributed by atoms with van der Waals surface area (Å²) in [5.74, 6) is -3.25. The number of amides is 2. The number of thiophene rings is 1. The lowest BCUT2D eigenvalue weighted by Gasteiger charge is -2.18. The molecule has 0 atom stereocenters. The van der Waals surface area contributed by atoms with Crippen LogP contribution in [0.15, 0.2) is 56.5 Å². The Labute approximate surface area is 288 Å². The second-order valence-electron chi connectivity index (χ2n) is 10.2. The molecule has 3 aromatic rings. The van der Waals surface area contributed by atoms with E-state index in [1.807, 2.05) is 0 Å². The molecule has 49 heavy (non-hydrogen) atoms. The van der Waals surface area contributed by atoms with Gasteiger partial charge >= 0.3 is 18.2 Å². The van der Waals surface area contributed by atoms with Gasteiger partial charge in [-0.15, -0.1) is 23.1 Å². The fraction of sp³-hybridized carbons (Fsp3) is 0.286. The number of urea groups is 1. The number of carbonyl (C=O) groups is 2. The maximum Gasteiger partial charge on any atom is 0.490 e. The zero-order valence-corrected chi connectivity index (χ0v) is 29.5. The third-order valence-corrected chi connectivity index (χ3v) is 11.5. The van der Waals surface area contributed by atoms with E-state index in [0.29, 0.717) is 50.0 Å². The molecule has 2 amide bonds. The van der Waals surface area contributed by atoms with Gasteiger partial charge in [0.05, 0.1) is 24.6 Å². The van der Waals surface area contributed by atoms with Crippen molar-refractivity contribution < 1.29 is 44.7 Å². The fourth-order valence-corrected chi connectivity index (χ4v) is 8.75. The van der Waals surface area contributed by atoms with Gasteiger partial charge in [0.2, 0.25) is 9.84 Å². The predicted molar refractivity (Wildman–Crippen MR) is 184 cm³/mol. The number of sulfone groups is 2. The lowest BCUT2D eigenvalue weighted by molar-refractivity contribution is -0.192. The van der Waals surface area contributed by atoms with E-state index in [1.165, 1.54) is 30.0 Å². The number of aliphatic carboxylic acids is 1. The summed E-state index contributed by atoms with van der Waals surface area (Å²) in [5.41, 5.74) is 13.6. The molecule has 2 aromatic carbocycles. The van der Waals surface area contributed by atoms with Crippen LogP contribution in [0, 0.1) is 17.7 Å². The van der Waals surface area contributed by atoms with Crippen LogP contribution in [0.2, 0.25) is 0 Å². The van der Waals surface area contributed by atoms with Gasteiger partial charge in [0.25, 0.3) is 0 Å². The quantitative estimate of drug-likeness (QED) is 0.0553. The van der Waals surface area contributed by atoms with E-state index < -0.39 is 37.9 Å². The van der Waals surface area contributed by atoms with Crippen molar-refractivity contribution in [3.05, 3.63) is 52.9 Å². The molecule has 268 valence electrons. The molecule has 0 fully saturated rings. The zero-order chi connectivity index (χ0) is 37.3. The normalized spacial score (nSPS) is 11.6. The highest BCUT2D eigenvalue weighted by atomic mass is 32.2. The minimum atomic E-state index is -5.08. The summed E-state index contributed by atoms with van der Waals surface area (Å²) < 4.78 is 82.3. The van der Waals surface area contributed by atoms with Crippen LogP contribution in [-0.4, -0.2) is 76.7 Å². The molecule has 0 radical (unpaired) electrons. The molecule has 10 N–H and O–H groups in total. The number of nitrogens with one attached hydrogen (secondary N) is 5. The van der Waals surface area contributed by atoms with Gasteiger partial charge < -0.3 is 32.5 Å². The molecule has 0 saturated carbocycles. The second-order valence-corrected chi connectivity index (χ2v) is 16.5. The average Bonchev–Trinajstić information content (AvgIpc) is 3.42. The predicted octanol–water partition coefficient (Wildman–Crippen LogP) is 4.45. The Bertz CT molecular complexity index is 1950. The van der Waals surface area contributed by atoms with Crippen LogP contribution in [0.25, 0.3) is 11.1 Å². The molecule has 0 spiro atoms. The Morgan fingerprint density at radius 1 is 1.02 bits per heavy atom. The smallest absolute Gasteiger partial charge is 0.475 e. The van der Waals surface area contributed by atoms with E-state index in [4.69, 9.17) is 32.2 Å². The lowest BCUT2D eigenvalue weighted by Crippen LogP contribution is -2.30. The van der Waals surface area contributed by atoms with Gasteiger partial charge in [0.1, 0.15) is 15.7 Å². The minimum Gasteiger partial charge on any atom is -0.475 e. The van der Waals surface area contributed by atoms with Crippen molar-refractivity contribution in [2.45, 2.75) is 39.9 Å². The van der Waals surface area contributed by atoms with Crippen molar-refractivity contribution in [2.75, 3.05) is 35.4 Å². The summed E-state index contributed by atoms with van der Waals surface area (Å²) >= 11 is 2.39. The van der Waals surface area contributed by atoms with Gasteiger partial charge in [-0.25, -0.2) is 26.4 Å². The van der Waals surface area contributed by atoms with E-state index >= 15 is 0 Å². The maximum absolute atomic E-state index is 13.7. The number of halogens is 3. The molecule has 1 aromatic heterocycles. The first-order valence-electron chi connectivity index (χ1n) is 13.7. The highest BCUT2D eigenvalue weighted by molar-refractivity contribution is 8.01. The topological polar surface area (TPSA) is 258 Å². The number of carboxylic acid groups (broad SMARTS) is 1. The fourth-order valence-electron chi connectivity index (χ4n) is 4.12. The minimum absolute atomic E-state index is 0.0230. The number of hydrogen-bond donors (Lipinski definition) is 8. The highest BCUT2D eigenvalue weighted by Crippen LogP contribution is 2.39. The Hall–Kier alpha value is -4.34. The standard InChI is InChI=1S/C26H33N7O5S4.C2HF3O2/c1-15-11-17(32-25(29)30)13-19(33-26(34)31-9-4-5-10-41(3,35)36)22(15)16-7-6-8-18(12-16)42(37,38)21-14-20(23(27)28)40-24(21)39-2;3-2(4,5)1(6)7/h6-8,11-14H,4-5,9-10H2,1-3H3,(H3,27,28)(H4,29,30,32)(H2,31,33,34);(H,6,7). The summed E-state index contributed by atoms with van der Waals surface area (Å²) in [6.07, 6.45) is -1.31. The van der Waals surface area contributed by atoms with Crippen LogP contribution in [0.1, 0.15) is 23.3 Å². The molecule has 14 nitrogen and oxygen atoms in total. The number of alkyl halides is 3. The van der Waals surface area contributed by atoms with E-state index in [9.17, 15) is 34.8 Å². The monoisotopic (exact) mass is 765 g/mol. The summed E-state index contributed by atoms with van der Waals surface area (Å²) in [4.78, 5) is 22.1. The van der Waals surface area contributed by atoms with Gasteiger partial charge in [-0.3, -0.25) is 10.8 Å². The first-order chi connectivity index (χ1) is 22.6. The van der Waals surface area contributed by atoms with Gasteiger partial charge in [0.15, 0.2) is 5.96 Å².